The number of ether oxygens (including phenoxy) is 1. The molecule has 0 spiro atoms. The third-order valence-electron chi connectivity index (χ3n) is 1.83. The Hall–Kier alpha value is -1.93. The summed E-state index contributed by atoms with van der Waals surface area (Å²) in [6, 6.07) is 0. The Balaban J connectivity index is 2.36. The van der Waals surface area contributed by atoms with Gasteiger partial charge in [-0.2, -0.15) is 0 Å². The summed E-state index contributed by atoms with van der Waals surface area (Å²) in [4.78, 5) is 10.8. The van der Waals surface area contributed by atoms with Gasteiger partial charge in [-0.25, -0.2) is 0 Å². The van der Waals surface area contributed by atoms with Crippen molar-refractivity contribution >= 4 is 5.97 Å². The first kappa shape index (κ1) is 12.1. The number of aliphatic hydroxyl groups is 2. The molecule has 0 bridgehead atoms. The Morgan fingerprint density at radius 3 is 2.50 bits per heavy atom. The molecule has 0 unspecified atom stereocenters. The molecule has 0 aromatic heterocycles. The van der Waals surface area contributed by atoms with Crippen LogP contribution in [0.1, 0.15) is 12.8 Å². The van der Waals surface area contributed by atoms with Crippen LogP contribution in [0.15, 0.2) is 0 Å². The molecule has 0 aromatic rings. The number of rotatable bonds is 1. The maximum atomic E-state index is 10.8. The molecule has 0 aromatic carbocycles. The standard InChI is InChI=1S/C12H10O4/c13-8-6-4-2-1-3-5-7-11-10(14)9-12(15)16-11/h10-11,13-14H,7-9H2/t10-,11+/m0/s1. The molecule has 1 heterocycles. The van der Waals surface area contributed by atoms with Crippen molar-refractivity contribution < 1.29 is 19.7 Å². The van der Waals surface area contributed by atoms with Gasteiger partial charge < -0.3 is 14.9 Å². The van der Waals surface area contributed by atoms with E-state index in [9.17, 15) is 9.90 Å². The molecule has 4 heteroatoms. The zero-order valence-electron chi connectivity index (χ0n) is 8.49. The third kappa shape index (κ3) is 4.07. The molecule has 1 aliphatic heterocycles. The summed E-state index contributed by atoms with van der Waals surface area (Å²) in [7, 11) is 0. The lowest BCUT2D eigenvalue weighted by Gasteiger charge is -2.07. The number of esters is 1. The van der Waals surface area contributed by atoms with E-state index in [2.05, 4.69) is 35.5 Å². The highest BCUT2D eigenvalue weighted by Gasteiger charge is 2.32. The summed E-state index contributed by atoms with van der Waals surface area (Å²) in [6.45, 7) is -0.230. The summed E-state index contributed by atoms with van der Waals surface area (Å²) in [5, 5.41) is 17.6. The molecule has 16 heavy (non-hydrogen) atoms. The van der Waals surface area contributed by atoms with Crippen LogP contribution in [0.25, 0.3) is 0 Å². The van der Waals surface area contributed by atoms with Crippen LogP contribution in [-0.2, 0) is 9.53 Å². The molecule has 0 aliphatic carbocycles. The molecule has 2 atom stereocenters. The first-order valence-corrected chi connectivity index (χ1v) is 4.68. The zero-order valence-corrected chi connectivity index (χ0v) is 8.49. The lowest BCUT2D eigenvalue weighted by atomic mass is 10.1. The van der Waals surface area contributed by atoms with Gasteiger partial charge in [0, 0.05) is 6.42 Å². The van der Waals surface area contributed by atoms with E-state index in [1.165, 1.54) is 0 Å². The van der Waals surface area contributed by atoms with E-state index < -0.39 is 18.2 Å². The molecule has 1 rings (SSSR count). The van der Waals surface area contributed by atoms with E-state index in [-0.39, 0.29) is 19.4 Å². The van der Waals surface area contributed by atoms with Gasteiger partial charge in [-0.3, -0.25) is 4.79 Å². The fourth-order valence-corrected chi connectivity index (χ4v) is 1.12. The average molecular weight is 218 g/mol. The first-order chi connectivity index (χ1) is 7.74. The Bertz CT molecular complexity index is 433. The molecule has 1 saturated heterocycles. The van der Waals surface area contributed by atoms with Gasteiger partial charge >= 0.3 is 5.97 Å². The van der Waals surface area contributed by atoms with Crippen molar-refractivity contribution in [2.45, 2.75) is 25.0 Å². The second-order valence-electron chi connectivity index (χ2n) is 3.02. The van der Waals surface area contributed by atoms with Crippen LogP contribution in [0.3, 0.4) is 0 Å². The van der Waals surface area contributed by atoms with E-state index in [1.54, 1.807) is 0 Å². The van der Waals surface area contributed by atoms with Gasteiger partial charge in [-0.1, -0.05) is 11.8 Å². The van der Waals surface area contributed by atoms with Crippen molar-refractivity contribution in [3.8, 4) is 35.5 Å². The van der Waals surface area contributed by atoms with Crippen molar-refractivity contribution in [2.24, 2.45) is 0 Å². The fraction of sp³-hybridized carbons (Fsp3) is 0.417. The lowest BCUT2D eigenvalue weighted by Crippen LogP contribution is -2.19. The molecule has 1 fully saturated rings. The van der Waals surface area contributed by atoms with Crippen molar-refractivity contribution in [1.82, 2.24) is 0 Å². The monoisotopic (exact) mass is 218 g/mol. The summed E-state index contributed by atoms with van der Waals surface area (Å²) >= 11 is 0. The highest BCUT2D eigenvalue weighted by molar-refractivity contribution is 5.72. The molecule has 0 amide bonds. The maximum absolute atomic E-state index is 10.8. The molecule has 0 saturated carbocycles. The molecule has 0 radical (unpaired) electrons. The van der Waals surface area contributed by atoms with Crippen LogP contribution in [0.2, 0.25) is 0 Å². The van der Waals surface area contributed by atoms with Crippen molar-refractivity contribution in [3.63, 3.8) is 0 Å². The normalized spacial score (nSPS) is 21.8. The molecule has 1 aliphatic rings. The minimum absolute atomic E-state index is 0.0278. The van der Waals surface area contributed by atoms with E-state index in [4.69, 9.17) is 9.84 Å². The minimum Gasteiger partial charge on any atom is -0.458 e. The summed E-state index contributed by atoms with van der Waals surface area (Å²) in [6.07, 6.45) is -1.04. The molecule has 82 valence electrons. The first-order valence-electron chi connectivity index (χ1n) is 4.68. The van der Waals surface area contributed by atoms with Crippen LogP contribution in [0, 0.1) is 35.5 Å². The van der Waals surface area contributed by atoms with Crippen LogP contribution < -0.4 is 0 Å². The summed E-state index contributed by atoms with van der Waals surface area (Å²) in [5.41, 5.74) is 0. The van der Waals surface area contributed by atoms with Gasteiger partial charge in [-0.05, 0) is 23.7 Å². The Morgan fingerprint density at radius 1 is 1.25 bits per heavy atom. The summed E-state index contributed by atoms with van der Waals surface area (Å²) in [5.74, 6) is 14.4. The quantitative estimate of drug-likeness (QED) is 0.440. The topological polar surface area (TPSA) is 66.8 Å². The van der Waals surface area contributed by atoms with Gasteiger partial charge in [0.05, 0.1) is 6.42 Å². The van der Waals surface area contributed by atoms with Crippen LogP contribution >= 0.6 is 0 Å². The average Bonchev–Trinajstić information content (AvgIpc) is 2.56. The molecular weight excluding hydrogens is 208 g/mol. The van der Waals surface area contributed by atoms with Crippen molar-refractivity contribution in [3.05, 3.63) is 0 Å². The number of hydrogen-bond acceptors (Lipinski definition) is 4. The molecular formula is C12H10O4. The highest BCUT2D eigenvalue weighted by Crippen LogP contribution is 2.16. The van der Waals surface area contributed by atoms with Gasteiger partial charge in [0.15, 0.2) is 0 Å². The SMILES string of the molecule is O=C1C[C@H](O)[C@@H](CC#CC#CC#CCO)O1. The van der Waals surface area contributed by atoms with E-state index in [1.807, 2.05) is 0 Å². The molecule has 4 nitrogen and oxygen atoms in total. The van der Waals surface area contributed by atoms with Crippen molar-refractivity contribution in [1.29, 1.82) is 0 Å². The van der Waals surface area contributed by atoms with E-state index in [0.717, 1.165) is 0 Å². The molecule has 2 N–H and O–H groups in total. The second-order valence-corrected chi connectivity index (χ2v) is 3.02. The van der Waals surface area contributed by atoms with E-state index in [0.29, 0.717) is 0 Å². The Morgan fingerprint density at radius 2 is 1.94 bits per heavy atom. The number of aliphatic hydroxyl groups excluding tert-OH is 2. The van der Waals surface area contributed by atoms with Crippen LogP contribution in [0.5, 0.6) is 0 Å². The highest BCUT2D eigenvalue weighted by atomic mass is 16.6. The number of carbonyl (C=O) groups is 1. The summed E-state index contributed by atoms with van der Waals surface area (Å²) < 4.78 is 4.82. The zero-order chi connectivity index (χ0) is 11.8. The van der Waals surface area contributed by atoms with Crippen LogP contribution in [0.4, 0.5) is 0 Å². The Labute approximate surface area is 93.6 Å². The fourth-order valence-electron chi connectivity index (χ4n) is 1.12. The maximum Gasteiger partial charge on any atom is 0.308 e. The smallest absolute Gasteiger partial charge is 0.308 e. The largest absolute Gasteiger partial charge is 0.458 e. The van der Waals surface area contributed by atoms with Gasteiger partial charge in [-0.15, -0.1) is 0 Å². The minimum atomic E-state index is -0.774. The third-order valence-corrected chi connectivity index (χ3v) is 1.83. The van der Waals surface area contributed by atoms with Gasteiger partial charge in [0.1, 0.15) is 18.8 Å². The predicted molar refractivity (Wildman–Crippen MR) is 55.5 cm³/mol. The van der Waals surface area contributed by atoms with E-state index >= 15 is 0 Å². The second kappa shape index (κ2) is 6.53. The lowest BCUT2D eigenvalue weighted by molar-refractivity contribution is -0.141. The number of hydrogen-bond donors (Lipinski definition) is 2. The number of cyclic esters (lactones) is 1. The van der Waals surface area contributed by atoms with Crippen LogP contribution in [-0.4, -0.2) is 35.0 Å². The Kier molecular flexibility index (Phi) is 4.96. The van der Waals surface area contributed by atoms with Crippen molar-refractivity contribution in [2.75, 3.05) is 6.61 Å². The predicted octanol–water partition coefficient (Wildman–Crippen LogP) is -0.945. The van der Waals surface area contributed by atoms with Gasteiger partial charge in [0.25, 0.3) is 0 Å². The number of carbonyl (C=O) groups excluding carboxylic acids is 1. The van der Waals surface area contributed by atoms with Gasteiger partial charge in [0.2, 0.25) is 0 Å².